The lowest BCUT2D eigenvalue weighted by molar-refractivity contribution is -0.118. The molecule has 1 heterocycles. The van der Waals surface area contributed by atoms with E-state index in [4.69, 9.17) is 20.8 Å². The van der Waals surface area contributed by atoms with Crippen LogP contribution >= 0.6 is 11.6 Å². The van der Waals surface area contributed by atoms with Gasteiger partial charge in [0.1, 0.15) is 11.3 Å². The Kier molecular flexibility index (Phi) is 5.89. The highest BCUT2D eigenvalue weighted by molar-refractivity contribution is 6.32. The molecule has 0 saturated carbocycles. The molecule has 29 heavy (non-hydrogen) atoms. The molecule has 3 rings (SSSR count). The molecule has 0 bridgehead atoms. The highest BCUT2D eigenvalue weighted by atomic mass is 35.5. The Balaban J connectivity index is 1.67. The highest BCUT2D eigenvalue weighted by Crippen LogP contribution is 2.31. The highest BCUT2D eigenvalue weighted by Gasteiger charge is 2.12. The lowest BCUT2D eigenvalue weighted by Crippen LogP contribution is -2.22. The molecule has 0 spiro atoms. The van der Waals surface area contributed by atoms with Gasteiger partial charge < -0.3 is 19.4 Å². The Hall–Kier alpha value is -3.32. The molecule has 0 aliphatic carbocycles. The number of carbonyl (C=O) groups excluding carboxylic acids is 2. The number of carbonyl (C=O) groups is 2. The van der Waals surface area contributed by atoms with Crippen LogP contribution in [0.3, 0.4) is 0 Å². The summed E-state index contributed by atoms with van der Waals surface area (Å²) in [5.74, 6) is -0.299. The third-order valence-electron chi connectivity index (χ3n) is 4.18. The number of fused-ring (bicyclic) bond motifs is 1. The Morgan fingerprint density at radius 2 is 1.83 bits per heavy atom. The van der Waals surface area contributed by atoms with Crippen LogP contribution in [-0.2, 0) is 4.79 Å². The SMILES string of the molecule is Cc1cc(=O)oc2cc(OCC(=O)Nc3ccc(C(=O)N(C)C)cc3)c(Cl)cc12. The van der Waals surface area contributed by atoms with Crippen molar-refractivity contribution in [3.63, 3.8) is 0 Å². The Labute approximate surface area is 171 Å². The fourth-order valence-electron chi connectivity index (χ4n) is 2.73. The zero-order valence-electron chi connectivity index (χ0n) is 16.1. The summed E-state index contributed by atoms with van der Waals surface area (Å²) in [6, 6.07) is 11.0. The topological polar surface area (TPSA) is 88.8 Å². The third kappa shape index (κ3) is 4.75. The molecular weight excluding hydrogens is 396 g/mol. The van der Waals surface area contributed by atoms with Gasteiger partial charge in [0.05, 0.1) is 5.02 Å². The number of ether oxygens (including phenoxy) is 1. The number of anilines is 1. The van der Waals surface area contributed by atoms with E-state index in [1.54, 1.807) is 51.4 Å². The van der Waals surface area contributed by atoms with Crippen molar-refractivity contribution in [1.29, 1.82) is 0 Å². The van der Waals surface area contributed by atoms with E-state index in [-0.39, 0.29) is 18.3 Å². The van der Waals surface area contributed by atoms with Crippen LogP contribution in [-0.4, -0.2) is 37.4 Å². The second-order valence-electron chi connectivity index (χ2n) is 6.64. The number of rotatable bonds is 5. The third-order valence-corrected chi connectivity index (χ3v) is 4.48. The minimum absolute atomic E-state index is 0.126. The van der Waals surface area contributed by atoms with Gasteiger partial charge in [0.15, 0.2) is 6.61 Å². The number of hydrogen-bond donors (Lipinski definition) is 1. The molecule has 2 amide bonds. The maximum Gasteiger partial charge on any atom is 0.336 e. The van der Waals surface area contributed by atoms with Crippen LogP contribution in [0.1, 0.15) is 15.9 Å². The summed E-state index contributed by atoms with van der Waals surface area (Å²) in [6.07, 6.45) is 0. The lowest BCUT2D eigenvalue weighted by Gasteiger charge is -2.12. The van der Waals surface area contributed by atoms with Gasteiger partial charge in [-0.3, -0.25) is 9.59 Å². The van der Waals surface area contributed by atoms with Crippen LogP contribution in [0.5, 0.6) is 5.75 Å². The van der Waals surface area contributed by atoms with Crippen LogP contribution in [0.2, 0.25) is 5.02 Å². The molecule has 3 aromatic rings. The smallest absolute Gasteiger partial charge is 0.336 e. The zero-order chi connectivity index (χ0) is 21.1. The number of aryl methyl sites for hydroxylation is 1. The normalized spacial score (nSPS) is 10.6. The lowest BCUT2D eigenvalue weighted by atomic mass is 10.1. The van der Waals surface area contributed by atoms with E-state index in [0.717, 1.165) is 5.56 Å². The summed E-state index contributed by atoms with van der Waals surface area (Å²) in [5.41, 5.74) is 1.64. The molecule has 8 heteroatoms. The van der Waals surface area contributed by atoms with Crippen molar-refractivity contribution in [1.82, 2.24) is 4.90 Å². The fourth-order valence-corrected chi connectivity index (χ4v) is 2.94. The minimum atomic E-state index is -0.475. The minimum Gasteiger partial charge on any atom is -0.482 e. The molecule has 2 aromatic carbocycles. The van der Waals surface area contributed by atoms with Crippen LogP contribution < -0.4 is 15.7 Å². The molecule has 1 aromatic heterocycles. The van der Waals surface area contributed by atoms with Crippen molar-refractivity contribution in [2.75, 3.05) is 26.0 Å². The molecule has 0 fully saturated rings. The van der Waals surface area contributed by atoms with E-state index in [1.165, 1.54) is 17.0 Å². The Morgan fingerprint density at radius 3 is 2.48 bits per heavy atom. The number of nitrogens with zero attached hydrogens (tertiary/aromatic N) is 1. The predicted molar refractivity (Wildman–Crippen MR) is 111 cm³/mol. The monoisotopic (exact) mass is 414 g/mol. The fraction of sp³-hybridized carbons (Fsp3) is 0.190. The van der Waals surface area contributed by atoms with Crippen LogP contribution in [0.15, 0.2) is 51.7 Å². The van der Waals surface area contributed by atoms with E-state index < -0.39 is 11.5 Å². The van der Waals surface area contributed by atoms with Gasteiger partial charge in [-0.05, 0) is 42.8 Å². The summed E-state index contributed by atoms with van der Waals surface area (Å²) in [7, 11) is 3.33. The van der Waals surface area contributed by atoms with E-state index >= 15 is 0 Å². The van der Waals surface area contributed by atoms with Crippen molar-refractivity contribution in [2.24, 2.45) is 0 Å². The summed E-state index contributed by atoms with van der Waals surface area (Å²) < 4.78 is 10.6. The Bertz CT molecular complexity index is 1140. The standard InChI is InChI=1S/C21H19ClN2O5/c1-12-8-20(26)29-17-10-18(16(22)9-15(12)17)28-11-19(25)23-14-6-4-13(5-7-14)21(27)24(2)3/h4-10H,11H2,1-3H3,(H,23,25). The predicted octanol–water partition coefficient (Wildman–Crippen LogP) is 3.47. The van der Waals surface area contributed by atoms with Crippen molar-refractivity contribution >= 4 is 40.1 Å². The molecular formula is C21H19ClN2O5. The van der Waals surface area contributed by atoms with Crippen molar-refractivity contribution in [3.05, 3.63) is 69.0 Å². The molecule has 1 N–H and O–H groups in total. The van der Waals surface area contributed by atoms with Gasteiger partial charge in [-0.1, -0.05) is 11.6 Å². The summed E-state index contributed by atoms with van der Waals surface area (Å²) in [5, 5.41) is 3.67. The number of nitrogens with one attached hydrogen (secondary N) is 1. The maximum atomic E-state index is 12.2. The molecule has 0 aliphatic rings. The van der Waals surface area contributed by atoms with Crippen molar-refractivity contribution in [3.8, 4) is 5.75 Å². The largest absolute Gasteiger partial charge is 0.482 e. The summed E-state index contributed by atoms with van der Waals surface area (Å²) in [6.45, 7) is 1.49. The van der Waals surface area contributed by atoms with Crippen molar-refractivity contribution in [2.45, 2.75) is 6.92 Å². The first-order valence-corrected chi connectivity index (χ1v) is 9.11. The first kappa shape index (κ1) is 20.4. The number of halogens is 1. The van der Waals surface area contributed by atoms with Gasteiger partial charge in [-0.25, -0.2) is 4.79 Å². The van der Waals surface area contributed by atoms with Crippen LogP contribution in [0.4, 0.5) is 5.69 Å². The molecule has 0 saturated heterocycles. The second kappa shape index (κ2) is 8.36. The molecule has 150 valence electrons. The Morgan fingerprint density at radius 1 is 1.14 bits per heavy atom. The number of hydrogen-bond acceptors (Lipinski definition) is 5. The average molecular weight is 415 g/mol. The van der Waals surface area contributed by atoms with E-state index in [1.807, 2.05) is 0 Å². The molecule has 7 nitrogen and oxygen atoms in total. The van der Waals surface area contributed by atoms with E-state index in [2.05, 4.69) is 5.32 Å². The van der Waals surface area contributed by atoms with Gasteiger partial charge >= 0.3 is 5.63 Å². The van der Waals surface area contributed by atoms with Gasteiger partial charge in [-0.15, -0.1) is 0 Å². The van der Waals surface area contributed by atoms with Gasteiger partial charge in [0.25, 0.3) is 11.8 Å². The van der Waals surface area contributed by atoms with Crippen LogP contribution in [0, 0.1) is 6.92 Å². The van der Waals surface area contributed by atoms with Gasteiger partial charge in [-0.2, -0.15) is 0 Å². The maximum absolute atomic E-state index is 12.2. The zero-order valence-corrected chi connectivity index (χ0v) is 16.9. The van der Waals surface area contributed by atoms with E-state index in [9.17, 15) is 14.4 Å². The average Bonchev–Trinajstić information content (AvgIpc) is 2.67. The van der Waals surface area contributed by atoms with Gasteiger partial charge in [0, 0.05) is 42.9 Å². The van der Waals surface area contributed by atoms with Crippen molar-refractivity contribution < 1.29 is 18.7 Å². The summed E-state index contributed by atoms with van der Waals surface area (Å²) >= 11 is 6.22. The quantitative estimate of drug-likeness (QED) is 0.646. The molecule has 0 radical (unpaired) electrons. The number of amides is 2. The molecule has 0 unspecified atom stereocenters. The number of benzene rings is 2. The first-order valence-electron chi connectivity index (χ1n) is 8.73. The van der Waals surface area contributed by atoms with Crippen LogP contribution in [0.25, 0.3) is 11.0 Å². The first-order chi connectivity index (χ1) is 13.7. The second-order valence-corrected chi connectivity index (χ2v) is 7.05. The van der Waals surface area contributed by atoms with Gasteiger partial charge in [0.2, 0.25) is 0 Å². The summed E-state index contributed by atoms with van der Waals surface area (Å²) in [4.78, 5) is 37.1. The molecule has 0 aliphatic heterocycles. The molecule has 0 atom stereocenters. The van der Waals surface area contributed by atoms with E-state index in [0.29, 0.717) is 27.2 Å².